The summed E-state index contributed by atoms with van der Waals surface area (Å²) in [6.07, 6.45) is 2.62. The molecule has 1 aromatic heterocycles. The Bertz CT molecular complexity index is 480. The molecule has 0 aromatic carbocycles. The molecule has 5 heteroatoms. The van der Waals surface area contributed by atoms with Crippen LogP contribution in [0, 0.1) is 11.3 Å². The monoisotopic (exact) mass is 244 g/mol. The van der Waals surface area contributed by atoms with Gasteiger partial charge in [0.1, 0.15) is 11.8 Å². The van der Waals surface area contributed by atoms with Crippen LogP contribution in [0.15, 0.2) is 18.3 Å². The average Bonchev–Trinajstić information content (AvgIpc) is 2.52. The molecule has 94 valence electrons. The van der Waals surface area contributed by atoms with Crippen molar-refractivity contribution in [2.75, 3.05) is 26.7 Å². The third-order valence-corrected chi connectivity index (χ3v) is 3.10. The van der Waals surface area contributed by atoms with Gasteiger partial charge in [-0.15, -0.1) is 0 Å². The second-order valence-electron chi connectivity index (χ2n) is 4.54. The summed E-state index contributed by atoms with van der Waals surface area (Å²) in [6, 6.07) is 5.69. The number of carbonyl (C=O) groups is 1. The third-order valence-electron chi connectivity index (χ3n) is 3.10. The maximum Gasteiger partial charge on any atom is 0.236 e. The topological polar surface area (TPSA) is 60.2 Å². The molecule has 1 amide bonds. The molecule has 0 bridgehead atoms. The van der Waals surface area contributed by atoms with Gasteiger partial charge < -0.3 is 4.90 Å². The molecule has 2 rings (SSSR count). The highest BCUT2D eigenvalue weighted by Gasteiger charge is 2.18. The second-order valence-corrected chi connectivity index (χ2v) is 4.54. The Morgan fingerprint density at radius 2 is 2.33 bits per heavy atom. The van der Waals surface area contributed by atoms with Crippen LogP contribution in [0.5, 0.6) is 0 Å². The van der Waals surface area contributed by atoms with Crippen molar-refractivity contribution in [2.45, 2.75) is 13.0 Å². The Kier molecular flexibility index (Phi) is 3.90. The van der Waals surface area contributed by atoms with Crippen molar-refractivity contribution in [3.63, 3.8) is 0 Å². The highest BCUT2D eigenvalue weighted by molar-refractivity contribution is 5.78. The lowest BCUT2D eigenvalue weighted by Gasteiger charge is -2.19. The zero-order valence-corrected chi connectivity index (χ0v) is 10.5. The van der Waals surface area contributed by atoms with E-state index in [9.17, 15) is 4.79 Å². The lowest BCUT2D eigenvalue weighted by atomic mass is 10.2. The van der Waals surface area contributed by atoms with Gasteiger partial charge in [-0.2, -0.15) is 5.26 Å². The van der Waals surface area contributed by atoms with Crippen LogP contribution in [0.2, 0.25) is 0 Å². The molecule has 0 unspecified atom stereocenters. The van der Waals surface area contributed by atoms with Gasteiger partial charge in [0.2, 0.25) is 5.91 Å². The first kappa shape index (κ1) is 12.5. The van der Waals surface area contributed by atoms with E-state index < -0.39 is 0 Å². The minimum absolute atomic E-state index is 0.155. The number of hydrogen-bond acceptors (Lipinski definition) is 4. The van der Waals surface area contributed by atoms with E-state index in [1.807, 2.05) is 19.2 Å². The number of nitrogens with zero attached hydrogens (tertiary/aromatic N) is 4. The first-order chi connectivity index (χ1) is 8.69. The quantitative estimate of drug-likeness (QED) is 0.765. The minimum Gasteiger partial charge on any atom is -0.345 e. The number of amides is 1. The van der Waals surface area contributed by atoms with Gasteiger partial charge in [-0.25, -0.2) is 4.98 Å². The summed E-state index contributed by atoms with van der Waals surface area (Å²) in [6.45, 7) is 2.85. The van der Waals surface area contributed by atoms with E-state index in [4.69, 9.17) is 5.26 Å². The summed E-state index contributed by atoms with van der Waals surface area (Å²) in [4.78, 5) is 19.6. The van der Waals surface area contributed by atoms with Crippen LogP contribution in [-0.2, 0) is 11.3 Å². The maximum atomic E-state index is 11.8. The van der Waals surface area contributed by atoms with E-state index in [0.29, 0.717) is 18.8 Å². The zero-order valence-electron chi connectivity index (χ0n) is 10.5. The molecule has 0 radical (unpaired) electrons. The molecule has 1 aliphatic rings. The molecular formula is C13H16N4O. The Balaban J connectivity index is 2.04. The summed E-state index contributed by atoms with van der Waals surface area (Å²) in [5, 5.41) is 8.80. The van der Waals surface area contributed by atoms with Gasteiger partial charge in [0.15, 0.2) is 0 Å². The van der Waals surface area contributed by atoms with Crippen LogP contribution in [0.3, 0.4) is 0 Å². The number of pyridine rings is 1. The van der Waals surface area contributed by atoms with Crippen LogP contribution >= 0.6 is 0 Å². The standard InChI is InChI=1S/C13H16N4O/c1-16-5-2-6-17(10-13(16)18)9-11-3-4-15-12(7-11)8-14/h3-4,7H,2,5-6,9-10H2,1H3. The molecule has 0 N–H and O–H groups in total. The molecule has 0 aliphatic carbocycles. The van der Waals surface area contributed by atoms with Crippen molar-refractivity contribution in [1.82, 2.24) is 14.8 Å². The molecule has 1 saturated heterocycles. The van der Waals surface area contributed by atoms with Crippen LogP contribution < -0.4 is 0 Å². The fourth-order valence-electron chi connectivity index (χ4n) is 2.07. The summed E-state index contributed by atoms with van der Waals surface area (Å²) < 4.78 is 0. The summed E-state index contributed by atoms with van der Waals surface area (Å²) in [5.74, 6) is 0.155. The normalized spacial score (nSPS) is 17.3. The van der Waals surface area contributed by atoms with Crippen LogP contribution in [-0.4, -0.2) is 47.4 Å². The number of rotatable bonds is 2. The summed E-state index contributed by atoms with van der Waals surface area (Å²) >= 11 is 0. The summed E-state index contributed by atoms with van der Waals surface area (Å²) in [7, 11) is 1.84. The van der Waals surface area contributed by atoms with Crippen LogP contribution in [0.4, 0.5) is 0 Å². The smallest absolute Gasteiger partial charge is 0.236 e. The number of aromatic nitrogens is 1. The molecule has 1 aromatic rings. The molecule has 2 heterocycles. The third kappa shape index (κ3) is 3.05. The van der Waals surface area contributed by atoms with Crippen LogP contribution in [0.1, 0.15) is 17.7 Å². The largest absolute Gasteiger partial charge is 0.345 e. The Hall–Kier alpha value is -1.93. The first-order valence-corrected chi connectivity index (χ1v) is 6.00. The molecule has 0 saturated carbocycles. The molecule has 0 atom stereocenters. The number of carbonyl (C=O) groups excluding carboxylic acids is 1. The van der Waals surface area contributed by atoms with Crippen molar-refractivity contribution in [3.05, 3.63) is 29.6 Å². The van der Waals surface area contributed by atoms with E-state index in [0.717, 1.165) is 25.1 Å². The zero-order chi connectivity index (χ0) is 13.0. The van der Waals surface area contributed by atoms with E-state index in [1.165, 1.54) is 0 Å². The molecule has 5 nitrogen and oxygen atoms in total. The van der Waals surface area contributed by atoms with E-state index in [2.05, 4.69) is 9.88 Å². The predicted octanol–water partition coefficient (Wildman–Crippen LogP) is 0.617. The van der Waals surface area contributed by atoms with Gasteiger partial charge in [0, 0.05) is 32.9 Å². The Morgan fingerprint density at radius 3 is 3.11 bits per heavy atom. The first-order valence-electron chi connectivity index (χ1n) is 6.00. The van der Waals surface area contributed by atoms with Crippen LogP contribution in [0.25, 0.3) is 0 Å². The Labute approximate surface area is 107 Å². The van der Waals surface area contributed by atoms with Gasteiger partial charge in [-0.05, 0) is 24.1 Å². The fraction of sp³-hybridized carbons (Fsp3) is 0.462. The minimum atomic E-state index is 0.155. The predicted molar refractivity (Wildman–Crippen MR) is 66.5 cm³/mol. The molecular weight excluding hydrogens is 228 g/mol. The van der Waals surface area contributed by atoms with Gasteiger partial charge >= 0.3 is 0 Å². The lowest BCUT2D eigenvalue weighted by molar-refractivity contribution is -0.129. The fourth-order valence-corrected chi connectivity index (χ4v) is 2.07. The van der Waals surface area contributed by atoms with Crippen molar-refractivity contribution in [3.8, 4) is 6.07 Å². The summed E-state index contributed by atoms with van der Waals surface area (Å²) in [5.41, 5.74) is 1.45. The van der Waals surface area contributed by atoms with Crippen molar-refractivity contribution in [1.29, 1.82) is 5.26 Å². The highest BCUT2D eigenvalue weighted by atomic mass is 16.2. The SMILES string of the molecule is CN1CCCN(Cc2ccnc(C#N)c2)CC1=O. The molecule has 1 fully saturated rings. The molecule has 1 aliphatic heterocycles. The van der Waals surface area contributed by atoms with Gasteiger partial charge in [0.05, 0.1) is 6.54 Å². The maximum absolute atomic E-state index is 11.8. The van der Waals surface area contributed by atoms with E-state index >= 15 is 0 Å². The second kappa shape index (κ2) is 5.61. The van der Waals surface area contributed by atoms with E-state index in [1.54, 1.807) is 17.2 Å². The van der Waals surface area contributed by atoms with Gasteiger partial charge in [-0.1, -0.05) is 0 Å². The van der Waals surface area contributed by atoms with E-state index in [-0.39, 0.29) is 5.91 Å². The number of hydrogen-bond donors (Lipinski definition) is 0. The molecule has 0 spiro atoms. The average molecular weight is 244 g/mol. The van der Waals surface area contributed by atoms with Crippen molar-refractivity contribution < 1.29 is 4.79 Å². The number of nitriles is 1. The molecule has 18 heavy (non-hydrogen) atoms. The highest BCUT2D eigenvalue weighted by Crippen LogP contribution is 2.09. The lowest BCUT2D eigenvalue weighted by Crippen LogP contribution is -2.34. The van der Waals surface area contributed by atoms with Crippen molar-refractivity contribution in [2.24, 2.45) is 0 Å². The van der Waals surface area contributed by atoms with Crippen molar-refractivity contribution >= 4 is 5.91 Å². The Morgan fingerprint density at radius 1 is 1.50 bits per heavy atom. The number of likely N-dealkylation sites (N-methyl/N-ethyl adjacent to an activating group) is 1. The van der Waals surface area contributed by atoms with Gasteiger partial charge in [0.25, 0.3) is 0 Å². The van der Waals surface area contributed by atoms with Gasteiger partial charge in [-0.3, -0.25) is 9.69 Å².